The number of pyridine rings is 1. The van der Waals surface area contributed by atoms with Crippen LogP contribution in [0.2, 0.25) is 4.34 Å². The molecule has 6 rings (SSSR count). The third kappa shape index (κ3) is 7.18. The van der Waals surface area contributed by atoms with E-state index < -0.39 is 58.0 Å². The highest BCUT2D eigenvalue weighted by Crippen LogP contribution is 2.45. The lowest BCUT2D eigenvalue weighted by Crippen LogP contribution is -2.69. The van der Waals surface area contributed by atoms with E-state index in [4.69, 9.17) is 16.3 Å². The second kappa shape index (κ2) is 14.0. The summed E-state index contributed by atoms with van der Waals surface area (Å²) >= 11 is 8.32. The number of thiophene rings is 2. The molecule has 2 saturated heterocycles. The Kier molecular flexibility index (Phi) is 10.3. The first kappa shape index (κ1) is 35.9. The summed E-state index contributed by atoms with van der Waals surface area (Å²) in [6.07, 6.45) is -5.19. The fourth-order valence-corrected chi connectivity index (χ4v) is 9.40. The van der Waals surface area contributed by atoms with E-state index in [9.17, 15) is 31.1 Å². The molecular weight excluding hydrogens is 714 g/mol. The van der Waals surface area contributed by atoms with Crippen molar-refractivity contribution in [2.24, 2.45) is 0 Å². The van der Waals surface area contributed by atoms with E-state index in [1.54, 1.807) is 11.8 Å². The Morgan fingerprint density at radius 2 is 1.80 bits per heavy atom. The molecule has 3 aromatic rings. The SMILES string of the molecule is CCC[C@H]1N(C(=O)c2ncccc2C(F)(F)F)CCC[C@]1(Oc1csc(C(F)(F)F)c1)C(=O)N1CCc2sc(Cl)cc2C1CN1CCCC1. The number of alkyl halides is 6. The smallest absolute Gasteiger partial charge is 0.425 e. The van der Waals surface area contributed by atoms with Crippen LogP contribution >= 0.6 is 34.3 Å². The van der Waals surface area contributed by atoms with E-state index in [1.807, 2.05) is 6.07 Å². The number of likely N-dealkylation sites (tertiary alicyclic amines) is 2. The second-order valence-electron chi connectivity index (χ2n) is 12.6. The quantitative estimate of drug-likeness (QED) is 0.217. The molecule has 0 radical (unpaired) electrons. The Morgan fingerprint density at radius 3 is 2.47 bits per heavy atom. The minimum absolute atomic E-state index is 0.00862. The van der Waals surface area contributed by atoms with Gasteiger partial charge in [0.2, 0.25) is 5.60 Å². The molecule has 0 spiro atoms. The number of rotatable bonds is 8. The first-order valence-electron chi connectivity index (χ1n) is 16.2. The van der Waals surface area contributed by atoms with Gasteiger partial charge in [-0.05, 0) is 69.0 Å². The molecule has 3 atom stereocenters. The van der Waals surface area contributed by atoms with E-state index in [-0.39, 0.29) is 38.1 Å². The van der Waals surface area contributed by atoms with Gasteiger partial charge in [0.1, 0.15) is 16.3 Å². The largest absolute Gasteiger partial charge is 0.474 e. The number of ether oxygens (including phenoxy) is 1. The normalized spacial score (nSPS) is 23.5. The molecule has 49 heavy (non-hydrogen) atoms. The van der Waals surface area contributed by atoms with Crippen molar-refractivity contribution in [3.63, 3.8) is 0 Å². The standard InChI is InChI=1S/C33H35ClF6N4O3S2/c1-2-7-25-31(47-20-16-26(48-19-20)33(38,39)40,10-6-14-44(25)29(45)28-22(32(35,36)37)8-5-11-41-28)30(46)43-15-9-24-21(17-27(34)49-24)23(43)18-42-12-3-4-13-42/h5,8,11,16-17,19,23,25H,2-4,6-7,9-10,12-15,18H2,1H3/t23?,25-,31-/m1/s1. The molecule has 16 heteroatoms. The Bertz CT molecular complexity index is 1670. The van der Waals surface area contributed by atoms with Crippen molar-refractivity contribution >= 4 is 46.1 Å². The van der Waals surface area contributed by atoms with Crippen LogP contribution < -0.4 is 4.74 Å². The average Bonchev–Trinajstić information content (AvgIpc) is 3.82. The zero-order valence-electron chi connectivity index (χ0n) is 26.6. The zero-order valence-corrected chi connectivity index (χ0v) is 29.0. The van der Waals surface area contributed by atoms with Gasteiger partial charge in [-0.25, -0.2) is 0 Å². The van der Waals surface area contributed by atoms with Gasteiger partial charge in [0.25, 0.3) is 11.8 Å². The lowest BCUT2D eigenvalue weighted by Gasteiger charge is -2.51. The highest BCUT2D eigenvalue weighted by molar-refractivity contribution is 7.16. The number of carbonyl (C=O) groups is 2. The average molecular weight is 749 g/mol. The van der Waals surface area contributed by atoms with Gasteiger partial charge >= 0.3 is 12.4 Å². The maximum absolute atomic E-state index is 15.3. The summed E-state index contributed by atoms with van der Waals surface area (Å²) in [5, 5.41) is 1.18. The molecule has 0 aromatic carbocycles. The number of nitrogens with zero attached hydrogens (tertiary/aromatic N) is 4. The van der Waals surface area contributed by atoms with Gasteiger partial charge in [0.05, 0.1) is 22.0 Å². The fraction of sp³-hybridized carbons (Fsp3) is 0.545. The summed E-state index contributed by atoms with van der Waals surface area (Å²) in [5.74, 6) is -1.73. The van der Waals surface area contributed by atoms with E-state index in [2.05, 4.69) is 9.88 Å². The van der Waals surface area contributed by atoms with Crippen LogP contribution in [0.15, 0.2) is 35.8 Å². The highest BCUT2D eigenvalue weighted by Gasteiger charge is 2.57. The van der Waals surface area contributed by atoms with Crippen LogP contribution in [-0.2, 0) is 23.6 Å². The van der Waals surface area contributed by atoms with Crippen molar-refractivity contribution in [1.82, 2.24) is 19.7 Å². The van der Waals surface area contributed by atoms with Crippen LogP contribution in [0.1, 0.15) is 82.9 Å². The van der Waals surface area contributed by atoms with E-state index in [1.165, 1.54) is 21.6 Å². The summed E-state index contributed by atoms with van der Waals surface area (Å²) in [6, 6.07) is 2.99. The molecule has 266 valence electrons. The van der Waals surface area contributed by atoms with Crippen LogP contribution in [0.3, 0.4) is 0 Å². The Balaban J connectivity index is 1.46. The van der Waals surface area contributed by atoms with Gasteiger partial charge in [-0.3, -0.25) is 14.6 Å². The Hall–Kier alpha value is -2.88. The third-order valence-corrected chi connectivity index (χ3v) is 11.8. The van der Waals surface area contributed by atoms with Crippen molar-refractivity contribution < 1.29 is 40.7 Å². The Morgan fingerprint density at radius 1 is 1.04 bits per heavy atom. The number of piperidine rings is 1. The monoisotopic (exact) mass is 748 g/mol. The molecule has 1 unspecified atom stereocenters. The molecule has 0 saturated carbocycles. The lowest BCUT2D eigenvalue weighted by atomic mass is 9.79. The number of hydrogen-bond donors (Lipinski definition) is 0. The topological polar surface area (TPSA) is 66.0 Å². The molecule has 3 aromatic heterocycles. The summed E-state index contributed by atoms with van der Waals surface area (Å²) in [7, 11) is 0. The summed E-state index contributed by atoms with van der Waals surface area (Å²) in [6.45, 7) is 4.27. The van der Waals surface area contributed by atoms with Crippen LogP contribution in [0.4, 0.5) is 26.3 Å². The zero-order chi connectivity index (χ0) is 35.1. The number of halogens is 7. The Labute approximate surface area is 292 Å². The van der Waals surface area contributed by atoms with Gasteiger partial charge < -0.3 is 19.4 Å². The van der Waals surface area contributed by atoms with E-state index >= 15 is 4.79 Å². The maximum Gasteiger partial charge on any atom is 0.425 e. The van der Waals surface area contributed by atoms with Crippen molar-refractivity contribution in [3.05, 3.63) is 66.8 Å². The minimum Gasteiger partial charge on any atom is -0.474 e. The van der Waals surface area contributed by atoms with E-state index in [0.29, 0.717) is 35.1 Å². The maximum atomic E-state index is 15.3. The summed E-state index contributed by atoms with van der Waals surface area (Å²) in [4.78, 5) is 38.5. The molecule has 2 fully saturated rings. The van der Waals surface area contributed by atoms with Gasteiger partial charge in [-0.15, -0.1) is 22.7 Å². The number of carbonyl (C=O) groups excluding carboxylic acids is 2. The minimum atomic E-state index is -4.88. The predicted octanol–water partition coefficient (Wildman–Crippen LogP) is 8.34. The van der Waals surface area contributed by atoms with Gasteiger partial charge in [0, 0.05) is 48.6 Å². The molecule has 3 aliphatic heterocycles. The molecule has 3 aliphatic rings. The van der Waals surface area contributed by atoms with Crippen LogP contribution in [0, 0.1) is 0 Å². The van der Waals surface area contributed by atoms with E-state index in [0.717, 1.165) is 60.8 Å². The van der Waals surface area contributed by atoms with Gasteiger partial charge in [-0.1, -0.05) is 24.9 Å². The highest BCUT2D eigenvalue weighted by atomic mass is 35.5. The second-order valence-corrected chi connectivity index (χ2v) is 15.3. The molecule has 0 N–H and O–H groups in total. The number of amides is 2. The van der Waals surface area contributed by atoms with Crippen LogP contribution in [-0.4, -0.2) is 75.9 Å². The molecule has 6 heterocycles. The molecular formula is C33H35ClF6N4O3S2. The first-order valence-corrected chi connectivity index (χ1v) is 18.3. The number of hydrogen-bond acceptors (Lipinski definition) is 7. The van der Waals surface area contributed by atoms with Crippen LogP contribution in [0.25, 0.3) is 0 Å². The summed E-state index contributed by atoms with van der Waals surface area (Å²) in [5.41, 5.74) is -3.03. The number of fused-ring (bicyclic) bond motifs is 1. The van der Waals surface area contributed by atoms with Gasteiger partial charge in [-0.2, -0.15) is 26.3 Å². The molecule has 0 bridgehead atoms. The third-order valence-electron chi connectivity index (χ3n) is 9.53. The fourth-order valence-electron chi connectivity index (χ4n) is 7.40. The van der Waals surface area contributed by atoms with Crippen molar-refractivity contribution in [2.45, 2.75) is 81.9 Å². The van der Waals surface area contributed by atoms with Crippen LogP contribution in [0.5, 0.6) is 5.75 Å². The van der Waals surface area contributed by atoms with Crippen molar-refractivity contribution in [3.8, 4) is 5.75 Å². The molecule has 2 amide bonds. The summed E-state index contributed by atoms with van der Waals surface area (Å²) < 4.78 is 90.4. The number of aromatic nitrogens is 1. The lowest BCUT2D eigenvalue weighted by molar-refractivity contribution is -0.163. The van der Waals surface area contributed by atoms with Gasteiger partial charge in [0.15, 0.2) is 0 Å². The van der Waals surface area contributed by atoms with Crippen molar-refractivity contribution in [2.75, 3.05) is 32.7 Å². The predicted molar refractivity (Wildman–Crippen MR) is 174 cm³/mol. The molecule has 7 nitrogen and oxygen atoms in total. The first-order chi connectivity index (χ1) is 23.2. The molecule has 0 aliphatic carbocycles. The van der Waals surface area contributed by atoms with Crippen molar-refractivity contribution in [1.29, 1.82) is 0 Å².